The van der Waals surface area contributed by atoms with Gasteiger partial charge in [0.05, 0.1) is 0 Å². The molecule has 0 spiro atoms. The monoisotopic (exact) mass is 518 g/mol. The second-order valence-corrected chi connectivity index (χ2v) is 15.2. The average Bonchev–Trinajstić information content (AvgIpc) is 2.85. The van der Waals surface area contributed by atoms with Crippen LogP contribution < -0.4 is 10.5 Å². The predicted molar refractivity (Wildman–Crippen MR) is 151 cm³/mol. The molecule has 4 rings (SSSR count). The lowest BCUT2D eigenvalue weighted by Gasteiger charge is -2.33. The fraction of sp³-hybridized carbons (Fsp3) is 0.400. The molecule has 6 nitrogen and oxygen atoms in total. The molecule has 3 aromatic carbocycles. The second-order valence-electron chi connectivity index (χ2n) is 11.5. The number of benzene rings is 3. The highest BCUT2D eigenvalue weighted by Crippen LogP contribution is 2.30. The van der Waals surface area contributed by atoms with Crippen LogP contribution in [-0.2, 0) is 11.3 Å². The number of amides is 2. The summed E-state index contributed by atoms with van der Waals surface area (Å²) in [5, 5.41) is 5.68. The summed E-state index contributed by atoms with van der Waals surface area (Å²) < 4.78 is 5.33. The van der Waals surface area contributed by atoms with Crippen LogP contribution in [-0.4, -0.2) is 48.7 Å². The van der Waals surface area contributed by atoms with Crippen LogP contribution in [0, 0.1) is 0 Å². The Kier molecular flexibility index (Phi) is 7.76. The molecule has 2 amide bonds. The number of hydrogen-bond donors (Lipinski definition) is 2. The molecule has 196 valence electrons. The van der Waals surface area contributed by atoms with E-state index in [1.165, 1.54) is 5.56 Å². The number of ether oxygens (including phenoxy) is 1. The minimum Gasteiger partial charge on any atom is -0.444 e. The maximum absolute atomic E-state index is 13.5. The van der Waals surface area contributed by atoms with Crippen LogP contribution >= 0.6 is 0 Å². The molecule has 1 aliphatic heterocycles. The molecule has 3 aromatic rings. The maximum Gasteiger partial charge on any atom is 0.407 e. The van der Waals surface area contributed by atoms with Crippen molar-refractivity contribution in [3.63, 3.8) is 0 Å². The first-order chi connectivity index (χ1) is 17.4. The van der Waals surface area contributed by atoms with Crippen LogP contribution in [0.15, 0.2) is 60.7 Å². The van der Waals surface area contributed by atoms with Crippen LogP contribution in [0.3, 0.4) is 0 Å². The van der Waals surface area contributed by atoms with E-state index in [0.29, 0.717) is 31.1 Å². The van der Waals surface area contributed by atoms with Gasteiger partial charge in [0.2, 0.25) is 8.32 Å². The minimum atomic E-state index is -2.48. The number of hydrogen-bond acceptors (Lipinski definition) is 4. The smallest absolute Gasteiger partial charge is 0.407 e. The lowest BCUT2D eigenvalue weighted by Crippen LogP contribution is -2.41. The van der Waals surface area contributed by atoms with E-state index in [2.05, 4.69) is 17.4 Å². The zero-order chi connectivity index (χ0) is 26.8. The van der Waals surface area contributed by atoms with Gasteiger partial charge >= 0.3 is 6.09 Å². The van der Waals surface area contributed by atoms with Crippen LogP contribution in [0.1, 0.15) is 61.0 Å². The van der Waals surface area contributed by atoms with E-state index in [-0.39, 0.29) is 5.91 Å². The molecular weight excluding hydrogens is 480 g/mol. The highest BCUT2D eigenvalue weighted by Gasteiger charge is 2.27. The Labute approximate surface area is 220 Å². The molecule has 0 aromatic heterocycles. The zero-order valence-corrected chi connectivity index (χ0v) is 23.5. The third kappa shape index (κ3) is 6.79. The molecule has 0 aliphatic carbocycles. The van der Waals surface area contributed by atoms with Crippen LogP contribution in [0.4, 0.5) is 4.79 Å². The molecule has 37 heavy (non-hydrogen) atoms. The van der Waals surface area contributed by atoms with Gasteiger partial charge in [0.15, 0.2) is 0 Å². The van der Waals surface area contributed by atoms with Crippen molar-refractivity contribution >= 4 is 36.3 Å². The number of piperidine rings is 1. The van der Waals surface area contributed by atoms with Crippen molar-refractivity contribution in [1.82, 2.24) is 10.2 Å². The first-order valence-corrected chi connectivity index (χ1v) is 16.0. The van der Waals surface area contributed by atoms with Gasteiger partial charge in [-0.15, -0.1) is 0 Å². The largest absolute Gasteiger partial charge is 0.444 e. The number of nitrogens with one attached hydrogen (secondary N) is 1. The topological polar surface area (TPSA) is 78.9 Å². The quantitative estimate of drug-likeness (QED) is 0.450. The standard InChI is InChI=1S/C30H38N2O4Si/c1-30(2,3)36-29(34)31-20-21-8-6-10-24(18-21)22-14-16-32(17-15-22)28(33)26-11-7-9-23-12-13-25(19-27(23)26)37(4,5)35/h6-13,18-19,22,35H,14-17,20H2,1-5H3,(H,31,34). The summed E-state index contributed by atoms with van der Waals surface area (Å²) in [6, 6.07) is 20.1. The van der Waals surface area contributed by atoms with E-state index in [1.54, 1.807) is 0 Å². The van der Waals surface area contributed by atoms with Crippen molar-refractivity contribution in [2.45, 2.75) is 64.8 Å². The number of carbonyl (C=O) groups is 2. The van der Waals surface area contributed by atoms with E-state index in [9.17, 15) is 14.4 Å². The highest BCUT2D eigenvalue weighted by molar-refractivity contribution is 6.83. The molecule has 7 heteroatoms. The first-order valence-electron chi connectivity index (χ1n) is 13.0. The van der Waals surface area contributed by atoms with Crippen molar-refractivity contribution in [3.8, 4) is 0 Å². The van der Waals surface area contributed by atoms with Gasteiger partial charge in [0, 0.05) is 25.2 Å². The maximum atomic E-state index is 13.5. The first kappa shape index (κ1) is 26.9. The zero-order valence-electron chi connectivity index (χ0n) is 22.5. The lowest BCUT2D eigenvalue weighted by molar-refractivity contribution is 0.0523. The molecular formula is C30H38N2O4Si. The van der Waals surface area contributed by atoms with Crippen molar-refractivity contribution in [1.29, 1.82) is 0 Å². The normalized spacial score (nSPS) is 15.0. The predicted octanol–water partition coefficient (Wildman–Crippen LogP) is 5.29. The Morgan fingerprint density at radius 2 is 1.73 bits per heavy atom. The highest BCUT2D eigenvalue weighted by atomic mass is 28.4. The minimum absolute atomic E-state index is 0.0499. The number of rotatable bonds is 5. The summed E-state index contributed by atoms with van der Waals surface area (Å²) in [4.78, 5) is 38.1. The van der Waals surface area contributed by atoms with Gasteiger partial charge in [-0.05, 0) is 85.8 Å². The van der Waals surface area contributed by atoms with E-state index in [1.807, 2.05) is 87.3 Å². The molecule has 0 saturated carbocycles. The van der Waals surface area contributed by atoms with Gasteiger partial charge < -0.3 is 19.7 Å². The summed E-state index contributed by atoms with van der Waals surface area (Å²) in [6.07, 6.45) is 1.36. The summed E-state index contributed by atoms with van der Waals surface area (Å²) in [7, 11) is -2.48. The summed E-state index contributed by atoms with van der Waals surface area (Å²) in [5.74, 6) is 0.416. The Morgan fingerprint density at radius 1 is 1.03 bits per heavy atom. The van der Waals surface area contributed by atoms with Gasteiger partial charge in [-0.2, -0.15) is 0 Å². The van der Waals surface area contributed by atoms with Gasteiger partial charge in [0.25, 0.3) is 5.91 Å². The van der Waals surface area contributed by atoms with Gasteiger partial charge in [0.1, 0.15) is 5.60 Å². The number of fused-ring (bicyclic) bond motifs is 1. The number of nitrogens with zero attached hydrogens (tertiary/aromatic N) is 1. The van der Waals surface area contributed by atoms with Gasteiger partial charge in [-0.3, -0.25) is 4.79 Å². The molecule has 1 saturated heterocycles. The number of carbonyl (C=O) groups excluding carboxylic acids is 2. The third-order valence-corrected chi connectivity index (χ3v) is 8.58. The lowest BCUT2D eigenvalue weighted by atomic mass is 9.88. The van der Waals surface area contributed by atoms with Gasteiger partial charge in [-0.25, -0.2) is 4.79 Å². The Hall–Kier alpha value is -3.16. The van der Waals surface area contributed by atoms with Crippen molar-refractivity contribution in [2.24, 2.45) is 0 Å². The van der Waals surface area contributed by atoms with Crippen molar-refractivity contribution < 1.29 is 19.1 Å². The molecule has 1 heterocycles. The molecule has 0 atom stereocenters. The average molecular weight is 519 g/mol. The fourth-order valence-corrected chi connectivity index (χ4v) is 5.86. The van der Waals surface area contributed by atoms with Crippen LogP contribution in [0.25, 0.3) is 10.8 Å². The van der Waals surface area contributed by atoms with Crippen LogP contribution in [0.5, 0.6) is 0 Å². The Morgan fingerprint density at radius 3 is 2.41 bits per heavy atom. The molecule has 0 radical (unpaired) electrons. The summed E-state index contributed by atoms with van der Waals surface area (Å²) in [5.41, 5.74) is 2.44. The molecule has 2 N–H and O–H groups in total. The Balaban J connectivity index is 1.41. The molecule has 1 fully saturated rings. The number of likely N-dealkylation sites (tertiary alicyclic amines) is 1. The van der Waals surface area contributed by atoms with Crippen molar-refractivity contribution in [2.75, 3.05) is 13.1 Å². The van der Waals surface area contributed by atoms with E-state index in [4.69, 9.17) is 4.74 Å². The molecule has 0 unspecified atom stereocenters. The summed E-state index contributed by atoms with van der Waals surface area (Å²) in [6.45, 7) is 11.1. The third-order valence-electron chi connectivity index (χ3n) is 6.86. The van der Waals surface area contributed by atoms with E-state index in [0.717, 1.165) is 34.4 Å². The summed E-state index contributed by atoms with van der Waals surface area (Å²) >= 11 is 0. The van der Waals surface area contributed by atoms with E-state index >= 15 is 0 Å². The van der Waals surface area contributed by atoms with Crippen molar-refractivity contribution in [3.05, 3.63) is 77.4 Å². The van der Waals surface area contributed by atoms with Crippen LogP contribution in [0.2, 0.25) is 13.1 Å². The molecule has 0 bridgehead atoms. The van der Waals surface area contributed by atoms with Gasteiger partial charge in [-0.1, -0.05) is 54.6 Å². The Bertz CT molecular complexity index is 1280. The van der Waals surface area contributed by atoms with E-state index < -0.39 is 20.0 Å². The fourth-order valence-electron chi connectivity index (χ4n) is 4.87. The second kappa shape index (κ2) is 10.7. The molecule has 1 aliphatic rings. The SMILES string of the molecule is CC(C)(C)OC(=O)NCc1cccc(C2CCN(C(=O)c3cccc4ccc([Si](C)(C)O)cc34)CC2)c1. The number of alkyl carbamates (subject to hydrolysis) is 1.